The van der Waals surface area contributed by atoms with Gasteiger partial charge in [0.05, 0.1) is 24.2 Å². The van der Waals surface area contributed by atoms with Crippen molar-refractivity contribution < 1.29 is 13.5 Å². The van der Waals surface area contributed by atoms with E-state index in [-0.39, 0.29) is 24.2 Å². The molecule has 1 fully saturated rings. The van der Waals surface area contributed by atoms with Crippen molar-refractivity contribution in [1.82, 2.24) is 14.8 Å². The molecule has 1 aromatic heterocycles. The van der Waals surface area contributed by atoms with E-state index in [2.05, 4.69) is 0 Å². The molecule has 2 aromatic carbocycles. The zero-order valence-electron chi connectivity index (χ0n) is 15.1. The van der Waals surface area contributed by atoms with E-state index in [9.17, 15) is 13.5 Å². The maximum atomic E-state index is 11.8. The molecule has 1 aliphatic rings. The average Bonchev–Trinajstić information content (AvgIpc) is 3.14. The van der Waals surface area contributed by atoms with Crippen LogP contribution < -0.4 is 0 Å². The third-order valence-electron chi connectivity index (χ3n) is 4.97. The lowest BCUT2D eigenvalue weighted by Gasteiger charge is -2.23. The highest BCUT2D eigenvalue weighted by Gasteiger charge is 2.28. The Balaban J connectivity index is 1.79. The molecule has 1 N–H and O–H groups in total. The summed E-state index contributed by atoms with van der Waals surface area (Å²) >= 11 is 5.99. The zero-order valence-corrected chi connectivity index (χ0v) is 16.7. The lowest BCUT2D eigenvalue weighted by atomic mass is 10.1. The van der Waals surface area contributed by atoms with E-state index in [0.717, 1.165) is 16.7 Å². The van der Waals surface area contributed by atoms with Gasteiger partial charge in [-0.2, -0.15) is 5.10 Å². The number of halogens is 1. The van der Waals surface area contributed by atoms with Gasteiger partial charge < -0.3 is 5.11 Å². The highest BCUT2D eigenvalue weighted by molar-refractivity contribution is 7.91. The Kier molecular flexibility index (Phi) is 5.23. The van der Waals surface area contributed by atoms with Crippen molar-refractivity contribution in [3.8, 4) is 22.8 Å². The van der Waals surface area contributed by atoms with Crippen molar-refractivity contribution in [2.45, 2.75) is 25.5 Å². The summed E-state index contributed by atoms with van der Waals surface area (Å²) in [5, 5.41) is 14.8. The Morgan fingerprint density at radius 1 is 1.07 bits per heavy atom. The van der Waals surface area contributed by atoms with Gasteiger partial charge in [0.1, 0.15) is 9.84 Å². The van der Waals surface area contributed by atoms with Gasteiger partial charge in [0.2, 0.25) is 0 Å². The molecule has 0 aliphatic carbocycles. The number of aliphatic hydroxyl groups excluding tert-OH is 1. The van der Waals surface area contributed by atoms with Crippen molar-refractivity contribution in [2.75, 3.05) is 11.5 Å². The van der Waals surface area contributed by atoms with E-state index < -0.39 is 9.84 Å². The van der Waals surface area contributed by atoms with Crippen LogP contribution in [0.2, 0.25) is 5.02 Å². The topological polar surface area (TPSA) is 85.1 Å². The number of nitrogens with zero attached hydrogens (tertiary/aromatic N) is 3. The van der Waals surface area contributed by atoms with Gasteiger partial charge in [-0.15, -0.1) is 0 Å². The smallest absolute Gasteiger partial charge is 0.181 e. The standard InChI is InChI=1S/C20H20ClN3O3S/c21-17-6-4-15(5-7-17)19-22-20(16-3-1-2-14(12-16)13-25)24(23-19)18-8-10-28(26,27)11-9-18/h1-7,12,18,25H,8-11,13H2. The summed E-state index contributed by atoms with van der Waals surface area (Å²) in [7, 11) is -2.97. The van der Waals surface area contributed by atoms with Gasteiger partial charge in [0.15, 0.2) is 11.6 Å². The molecular weight excluding hydrogens is 398 g/mol. The molecule has 0 saturated carbocycles. The lowest BCUT2D eigenvalue weighted by molar-refractivity contribution is 0.282. The van der Waals surface area contributed by atoms with E-state index in [0.29, 0.717) is 29.5 Å². The van der Waals surface area contributed by atoms with Crippen LogP contribution in [0.15, 0.2) is 48.5 Å². The van der Waals surface area contributed by atoms with Crippen molar-refractivity contribution in [3.63, 3.8) is 0 Å². The van der Waals surface area contributed by atoms with Crippen LogP contribution in [0.4, 0.5) is 0 Å². The van der Waals surface area contributed by atoms with Crippen LogP contribution in [-0.2, 0) is 16.4 Å². The summed E-state index contributed by atoms with van der Waals surface area (Å²) in [5.74, 6) is 1.55. The van der Waals surface area contributed by atoms with Crippen molar-refractivity contribution in [3.05, 3.63) is 59.1 Å². The highest BCUT2D eigenvalue weighted by atomic mass is 35.5. The first kappa shape index (κ1) is 19.1. The number of aliphatic hydroxyl groups is 1. The zero-order chi connectivity index (χ0) is 19.7. The summed E-state index contributed by atoms with van der Waals surface area (Å²) in [4.78, 5) is 4.75. The first-order valence-electron chi connectivity index (χ1n) is 9.08. The minimum Gasteiger partial charge on any atom is -0.392 e. The Morgan fingerprint density at radius 3 is 2.46 bits per heavy atom. The molecule has 1 aliphatic heterocycles. The Morgan fingerprint density at radius 2 is 1.79 bits per heavy atom. The normalized spacial score (nSPS) is 16.9. The van der Waals surface area contributed by atoms with Crippen LogP contribution in [0.25, 0.3) is 22.8 Å². The summed E-state index contributed by atoms with van der Waals surface area (Å²) < 4.78 is 25.5. The fourth-order valence-electron chi connectivity index (χ4n) is 3.43. The SMILES string of the molecule is O=S1(=O)CCC(n2nc(-c3ccc(Cl)cc3)nc2-c2cccc(CO)c2)CC1. The van der Waals surface area contributed by atoms with E-state index in [1.165, 1.54) is 0 Å². The molecule has 8 heteroatoms. The number of aromatic nitrogens is 3. The maximum Gasteiger partial charge on any atom is 0.181 e. The van der Waals surface area contributed by atoms with E-state index in [1.54, 1.807) is 12.1 Å². The molecule has 0 spiro atoms. The molecule has 3 aromatic rings. The molecule has 146 valence electrons. The number of sulfone groups is 1. The third kappa shape index (κ3) is 3.97. The summed E-state index contributed by atoms with van der Waals surface area (Å²) in [6, 6.07) is 14.8. The Bertz CT molecular complexity index is 1080. The maximum absolute atomic E-state index is 11.8. The average molecular weight is 418 g/mol. The number of hydrogen-bond acceptors (Lipinski definition) is 5. The van der Waals surface area contributed by atoms with Gasteiger partial charge in [0.25, 0.3) is 0 Å². The molecule has 28 heavy (non-hydrogen) atoms. The van der Waals surface area contributed by atoms with Crippen molar-refractivity contribution in [1.29, 1.82) is 0 Å². The fourth-order valence-corrected chi connectivity index (χ4v) is 5.02. The molecule has 0 radical (unpaired) electrons. The summed E-state index contributed by atoms with van der Waals surface area (Å²) in [6.45, 7) is -0.0618. The Hall–Kier alpha value is -2.22. The van der Waals surface area contributed by atoms with Crippen molar-refractivity contribution in [2.24, 2.45) is 0 Å². The predicted molar refractivity (Wildman–Crippen MR) is 109 cm³/mol. The molecule has 4 rings (SSSR count). The molecular formula is C20H20ClN3O3S. The summed E-state index contributed by atoms with van der Waals surface area (Å²) in [6.07, 6.45) is 1.02. The summed E-state index contributed by atoms with van der Waals surface area (Å²) in [5.41, 5.74) is 2.46. The second-order valence-electron chi connectivity index (χ2n) is 6.95. The van der Waals surface area contributed by atoms with Gasteiger partial charge >= 0.3 is 0 Å². The lowest BCUT2D eigenvalue weighted by Crippen LogP contribution is -2.26. The largest absolute Gasteiger partial charge is 0.392 e. The van der Waals surface area contributed by atoms with E-state index in [1.807, 2.05) is 41.1 Å². The monoisotopic (exact) mass is 417 g/mol. The minimum absolute atomic E-state index is 0.0372. The van der Waals surface area contributed by atoms with E-state index in [4.69, 9.17) is 21.7 Å². The second-order valence-corrected chi connectivity index (χ2v) is 9.69. The molecule has 0 amide bonds. The van der Waals surface area contributed by atoms with Gasteiger partial charge in [-0.25, -0.2) is 18.1 Å². The number of benzene rings is 2. The predicted octanol–water partition coefficient (Wildman–Crippen LogP) is 3.51. The molecule has 0 unspecified atom stereocenters. The Labute approximate surface area is 168 Å². The molecule has 2 heterocycles. The van der Waals surface area contributed by atoms with Gasteiger partial charge in [-0.05, 0) is 48.7 Å². The van der Waals surface area contributed by atoms with Crippen LogP contribution in [-0.4, -0.2) is 39.8 Å². The number of hydrogen-bond donors (Lipinski definition) is 1. The van der Waals surface area contributed by atoms with Crippen LogP contribution in [0.3, 0.4) is 0 Å². The quantitative estimate of drug-likeness (QED) is 0.702. The van der Waals surface area contributed by atoms with Crippen molar-refractivity contribution >= 4 is 21.4 Å². The molecule has 0 bridgehead atoms. The number of rotatable bonds is 4. The first-order chi connectivity index (χ1) is 13.4. The highest BCUT2D eigenvalue weighted by Crippen LogP contribution is 2.31. The second kappa shape index (κ2) is 7.66. The fraction of sp³-hybridized carbons (Fsp3) is 0.300. The van der Waals surface area contributed by atoms with Crippen LogP contribution in [0.1, 0.15) is 24.4 Å². The van der Waals surface area contributed by atoms with Crippen LogP contribution >= 0.6 is 11.6 Å². The van der Waals surface area contributed by atoms with Gasteiger partial charge in [-0.3, -0.25) is 0 Å². The molecule has 0 atom stereocenters. The minimum atomic E-state index is -2.97. The van der Waals surface area contributed by atoms with Crippen LogP contribution in [0.5, 0.6) is 0 Å². The molecule has 1 saturated heterocycles. The van der Waals surface area contributed by atoms with Gasteiger partial charge in [-0.1, -0.05) is 29.8 Å². The van der Waals surface area contributed by atoms with Crippen LogP contribution in [0, 0.1) is 0 Å². The first-order valence-corrected chi connectivity index (χ1v) is 11.3. The molecule has 6 nitrogen and oxygen atoms in total. The van der Waals surface area contributed by atoms with Gasteiger partial charge in [0, 0.05) is 16.1 Å². The van der Waals surface area contributed by atoms with E-state index >= 15 is 0 Å². The third-order valence-corrected chi connectivity index (χ3v) is 6.94.